The molecule has 1 aromatic carbocycles. The summed E-state index contributed by atoms with van der Waals surface area (Å²) in [6, 6.07) is 11.5. The van der Waals surface area contributed by atoms with Crippen molar-refractivity contribution in [3.63, 3.8) is 0 Å². The summed E-state index contributed by atoms with van der Waals surface area (Å²) in [5.74, 6) is 0.959. The number of nitrogens with one attached hydrogen (secondary N) is 1. The third-order valence-electron chi connectivity index (χ3n) is 5.01. The first-order chi connectivity index (χ1) is 14.1. The van der Waals surface area contributed by atoms with Gasteiger partial charge in [-0.2, -0.15) is 0 Å². The van der Waals surface area contributed by atoms with Gasteiger partial charge in [-0.3, -0.25) is 14.6 Å². The summed E-state index contributed by atoms with van der Waals surface area (Å²) >= 11 is 3.41. The zero-order valence-corrected chi connectivity index (χ0v) is 17.9. The minimum absolute atomic E-state index is 0.0319. The molecule has 154 valence electrons. The average molecular weight is 460 g/mol. The van der Waals surface area contributed by atoms with Crippen LogP contribution < -0.4 is 10.1 Å². The maximum atomic E-state index is 12.4. The lowest BCUT2D eigenvalue weighted by molar-refractivity contribution is -0.135. The van der Waals surface area contributed by atoms with Crippen molar-refractivity contribution in [2.45, 2.75) is 32.2 Å². The Morgan fingerprint density at radius 3 is 2.76 bits per heavy atom. The summed E-state index contributed by atoms with van der Waals surface area (Å²) < 4.78 is 6.65. The molecule has 6 nitrogen and oxygen atoms in total. The summed E-state index contributed by atoms with van der Waals surface area (Å²) in [5, 5.41) is 2.97. The number of pyridine rings is 1. The largest absolute Gasteiger partial charge is 0.494 e. The molecule has 29 heavy (non-hydrogen) atoms. The van der Waals surface area contributed by atoms with Crippen molar-refractivity contribution in [1.29, 1.82) is 0 Å². The predicted molar refractivity (Wildman–Crippen MR) is 114 cm³/mol. The van der Waals surface area contributed by atoms with E-state index in [9.17, 15) is 9.59 Å². The van der Waals surface area contributed by atoms with Crippen molar-refractivity contribution in [2.24, 2.45) is 5.92 Å². The van der Waals surface area contributed by atoms with E-state index in [1.165, 1.54) is 0 Å². The van der Waals surface area contributed by atoms with Gasteiger partial charge in [0.15, 0.2) is 0 Å². The van der Waals surface area contributed by atoms with Crippen LogP contribution in [-0.4, -0.2) is 41.4 Å². The Morgan fingerprint density at radius 2 is 2.03 bits per heavy atom. The van der Waals surface area contributed by atoms with Gasteiger partial charge in [0, 0.05) is 48.8 Å². The van der Waals surface area contributed by atoms with Crippen LogP contribution in [0.5, 0.6) is 5.75 Å². The molecule has 1 saturated heterocycles. The van der Waals surface area contributed by atoms with Crippen LogP contribution in [0.4, 0.5) is 0 Å². The van der Waals surface area contributed by atoms with Gasteiger partial charge >= 0.3 is 0 Å². The molecule has 1 N–H and O–H groups in total. The van der Waals surface area contributed by atoms with Gasteiger partial charge in [0.1, 0.15) is 5.75 Å². The predicted octanol–water partition coefficient (Wildman–Crippen LogP) is 3.56. The Morgan fingerprint density at radius 1 is 1.21 bits per heavy atom. The highest BCUT2D eigenvalue weighted by molar-refractivity contribution is 9.10. The first-order valence-corrected chi connectivity index (χ1v) is 10.7. The van der Waals surface area contributed by atoms with Gasteiger partial charge < -0.3 is 15.0 Å². The number of likely N-dealkylation sites (tertiary alicyclic amines) is 1. The lowest BCUT2D eigenvalue weighted by Crippen LogP contribution is -2.42. The zero-order valence-electron chi connectivity index (χ0n) is 16.4. The number of hydrogen-bond donors (Lipinski definition) is 1. The van der Waals surface area contributed by atoms with Gasteiger partial charge in [0.05, 0.1) is 6.61 Å². The van der Waals surface area contributed by atoms with Crippen molar-refractivity contribution in [1.82, 2.24) is 15.2 Å². The monoisotopic (exact) mass is 459 g/mol. The second kappa shape index (κ2) is 11.0. The van der Waals surface area contributed by atoms with Crippen LogP contribution >= 0.6 is 15.9 Å². The fourth-order valence-corrected chi connectivity index (χ4v) is 3.73. The van der Waals surface area contributed by atoms with Gasteiger partial charge in [0.2, 0.25) is 11.8 Å². The molecule has 0 spiro atoms. The van der Waals surface area contributed by atoms with Gasteiger partial charge in [0.25, 0.3) is 0 Å². The number of hydrogen-bond acceptors (Lipinski definition) is 4. The fourth-order valence-electron chi connectivity index (χ4n) is 3.36. The number of ether oxygens (including phenoxy) is 1. The van der Waals surface area contributed by atoms with Gasteiger partial charge in [-0.05, 0) is 49.1 Å². The maximum Gasteiger partial charge on any atom is 0.223 e. The summed E-state index contributed by atoms with van der Waals surface area (Å²) in [5.41, 5.74) is 0.985. The van der Waals surface area contributed by atoms with E-state index in [-0.39, 0.29) is 17.7 Å². The molecule has 1 fully saturated rings. The van der Waals surface area contributed by atoms with Crippen molar-refractivity contribution in [3.8, 4) is 5.75 Å². The third kappa shape index (κ3) is 6.85. The molecular formula is C22H26BrN3O3. The number of carbonyl (C=O) groups excluding carboxylic acids is 2. The number of carbonyl (C=O) groups is 2. The quantitative estimate of drug-likeness (QED) is 0.612. The van der Waals surface area contributed by atoms with E-state index in [2.05, 4.69) is 26.2 Å². The highest BCUT2D eigenvalue weighted by Crippen LogP contribution is 2.20. The Hall–Kier alpha value is -2.41. The van der Waals surface area contributed by atoms with Gasteiger partial charge in [-0.15, -0.1) is 0 Å². The Balaban J connectivity index is 1.32. The maximum absolute atomic E-state index is 12.4. The van der Waals surface area contributed by atoms with Crippen molar-refractivity contribution < 1.29 is 14.3 Å². The van der Waals surface area contributed by atoms with E-state index < -0.39 is 0 Å². The molecule has 0 aliphatic carbocycles. The second-order valence-corrected chi connectivity index (χ2v) is 8.06. The molecule has 0 saturated carbocycles. The Bertz CT molecular complexity index is 808. The van der Waals surface area contributed by atoms with E-state index in [0.717, 1.165) is 15.8 Å². The number of halogens is 1. The molecule has 7 heteroatoms. The SMILES string of the molecule is O=C(NCc1cccnc1)C1CCN(C(=O)CCCOc2cccc(Br)c2)CC1. The number of aromatic nitrogens is 1. The van der Waals surface area contributed by atoms with Crippen LogP contribution in [0.25, 0.3) is 0 Å². The molecule has 1 aliphatic rings. The first kappa shape index (κ1) is 21.3. The Labute approximate surface area is 179 Å². The molecule has 1 aliphatic heterocycles. The molecule has 2 amide bonds. The third-order valence-corrected chi connectivity index (χ3v) is 5.50. The smallest absolute Gasteiger partial charge is 0.223 e. The van der Waals surface area contributed by atoms with Gasteiger partial charge in [-0.1, -0.05) is 28.1 Å². The number of nitrogens with zero attached hydrogens (tertiary/aromatic N) is 2. The molecule has 2 aromatic rings. The van der Waals surface area contributed by atoms with E-state index in [0.29, 0.717) is 51.9 Å². The number of amides is 2. The summed E-state index contributed by atoms with van der Waals surface area (Å²) in [6.45, 7) is 2.27. The van der Waals surface area contributed by atoms with Crippen LogP contribution in [0.3, 0.4) is 0 Å². The molecule has 0 radical (unpaired) electrons. The van der Waals surface area contributed by atoms with Gasteiger partial charge in [-0.25, -0.2) is 0 Å². The van der Waals surface area contributed by atoms with Crippen LogP contribution in [-0.2, 0) is 16.1 Å². The highest BCUT2D eigenvalue weighted by atomic mass is 79.9. The molecule has 0 bridgehead atoms. The minimum Gasteiger partial charge on any atom is -0.494 e. The number of benzene rings is 1. The van der Waals surface area contributed by atoms with Crippen molar-refractivity contribution in [3.05, 3.63) is 58.8 Å². The van der Waals surface area contributed by atoms with Crippen molar-refractivity contribution >= 4 is 27.7 Å². The van der Waals surface area contributed by atoms with Crippen LogP contribution in [0.1, 0.15) is 31.2 Å². The van der Waals surface area contributed by atoms with Crippen LogP contribution in [0.2, 0.25) is 0 Å². The average Bonchev–Trinajstić information content (AvgIpc) is 2.76. The summed E-state index contributed by atoms with van der Waals surface area (Å²) in [4.78, 5) is 30.7. The highest BCUT2D eigenvalue weighted by Gasteiger charge is 2.26. The Kier molecular flexibility index (Phi) is 8.04. The first-order valence-electron chi connectivity index (χ1n) is 9.94. The van der Waals surface area contributed by atoms with E-state index in [1.54, 1.807) is 12.4 Å². The zero-order chi connectivity index (χ0) is 20.5. The van der Waals surface area contributed by atoms with Crippen molar-refractivity contribution in [2.75, 3.05) is 19.7 Å². The van der Waals surface area contributed by atoms with E-state index in [1.807, 2.05) is 41.3 Å². The molecular weight excluding hydrogens is 434 g/mol. The number of piperidine rings is 1. The molecule has 1 aromatic heterocycles. The lowest BCUT2D eigenvalue weighted by Gasteiger charge is -2.31. The topological polar surface area (TPSA) is 71.5 Å². The molecule has 0 atom stereocenters. The number of rotatable bonds is 8. The molecule has 3 rings (SSSR count). The normalized spacial score (nSPS) is 14.4. The standard InChI is InChI=1S/C22H26BrN3O3/c23-19-5-1-6-20(14-19)29-13-3-7-21(27)26-11-8-18(9-12-26)22(28)25-16-17-4-2-10-24-15-17/h1-2,4-6,10,14-15,18H,3,7-9,11-13,16H2,(H,25,28). The molecule has 0 unspecified atom stereocenters. The lowest BCUT2D eigenvalue weighted by atomic mass is 9.95. The fraction of sp³-hybridized carbons (Fsp3) is 0.409. The molecule has 2 heterocycles. The minimum atomic E-state index is -0.0319. The summed E-state index contributed by atoms with van der Waals surface area (Å²) in [6.07, 6.45) is 6.02. The van der Waals surface area contributed by atoms with Crippen LogP contribution in [0.15, 0.2) is 53.3 Å². The second-order valence-electron chi connectivity index (χ2n) is 7.14. The summed E-state index contributed by atoms with van der Waals surface area (Å²) in [7, 11) is 0. The van der Waals surface area contributed by atoms with E-state index in [4.69, 9.17) is 4.74 Å². The van der Waals surface area contributed by atoms with E-state index >= 15 is 0 Å². The van der Waals surface area contributed by atoms with Crippen LogP contribution in [0, 0.1) is 5.92 Å².